The molecule has 0 saturated heterocycles. The van der Waals surface area contributed by atoms with Gasteiger partial charge in [-0.25, -0.2) is 14.2 Å². The molecule has 7 heteroatoms. The molecule has 2 aromatic carbocycles. The van der Waals surface area contributed by atoms with Crippen molar-refractivity contribution >= 4 is 28.9 Å². The molecule has 3 aromatic rings. The maximum absolute atomic E-state index is 13.0. The molecule has 144 valence electrons. The molecule has 0 bridgehead atoms. The molecule has 1 N–H and O–H groups in total. The van der Waals surface area contributed by atoms with Gasteiger partial charge < -0.3 is 10.1 Å². The van der Waals surface area contributed by atoms with E-state index in [-0.39, 0.29) is 24.8 Å². The van der Waals surface area contributed by atoms with Crippen LogP contribution in [0.2, 0.25) is 0 Å². The van der Waals surface area contributed by atoms with Gasteiger partial charge in [-0.05, 0) is 49.7 Å². The van der Waals surface area contributed by atoms with Gasteiger partial charge in [-0.15, -0.1) is 11.3 Å². The second-order valence-corrected chi connectivity index (χ2v) is 6.82. The molecule has 0 atom stereocenters. The fourth-order valence-electron chi connectivity index (χ4n) is 2.58. The molecule has 0 aliphatic carbocycles. The molecule has 3 rings (SSSR count). The number of hydrogen-bond acceptors (Lipinski definition) is 5. The van der Waals surface area contributed by atoms with Crippen LogP contribution in [0.15, 0.2) is 53.9 Å². The van der Waals surface area contributed by atoms with Crippen LogP contribution < -0.4 is 5.32 Å². The maximum Gasteiger partial charge on any atom is 0.340 e. The summed E-state index contributed by atoms with van der Waals surface area (Å²) in [7, 11) is 0. The van der Waals surface area contributed by atoms with Gasteiger partial charge in [0.25, 0.3) is 0 Å². The molecule has 0 spiro atoms. The Morgan fingerprint density at radius 1 is 1.14 bits per heavy atom. The van der Waals surface area contributed by atoms with Crippen molar-refractivity contribution in [1.29, 1.82) is 0 Å². The number of carbonyl (C=O) groups excluding carboxylic acids is 2. The van der Waals surface area contributed by atoms with Gasteiger partial charge in [0, 0.05) is 17.4 Å². The van der Waals surface area contributed by atoms with E-state index in [4.69, 9.17) is 4.74 Å². The number of benzene rings is 2. The third-order valence-corrected chi connectivity index (χ3v) is 4.89. The van der Waals surface area contributed by atoms with Crippen LogP contribution in [0.3, 0.4) is 0 Å². The minimum absolute atomic E-state index is 0.215. The number of halogens is 1. The van der Waals surface area contributed by atoms with Crippen molar-refractivity contribution in [3.63, 3.8) is 0 Å². The summed E-state index contributed by atoms with van der Waals surface area (Å²) in [5, 5.41) is 5.43. The largest absolute Gasteiger partial charge is 0.462 e. The SMILES string of the molecule is CCOC(=O)c1ccccc1NC(=O)CCc1csc(-c2ccc(F)cc2)n1. The van der Waals surface area contributed by atoms with Gasteiger partial charge >= 0.3 is 5.97 Å². The highest BCUT2D eigenvalue weighted by atomic mass is 32.1. The van der Waals surface area contributed by atoms with Crippen molar-refractivity contribution in [1.82, 2.24) is 4.98 Å². The van der Waals surface area contributed by atoms with E-state index >= 15 is 0 Å². The van der Waals surface area contributed by atoms with Crippen LogP contribution in [0.4, 0.5) is 10.1 Å². The lowest BCUT2D eigenvalue weighted by Gasteiger charge is -2.10. The summed E-state index contributed by atoms with van der Waals surface area (Å²) in [5.41, 5.74) is 2.38. The maximum atomic E-state index is 13.0. The number of anilines is 1. The molecule has 0 aliphatic heterocycles. The van der Waals surface area contributed by atoms with Crippen molar-refractivity contribution < 1.29 is 18.7 Å². The molecule has 0 unspecified atom stereocenters. The summed E-state index contributed by atoms with van der Waals surface area (Å²) in [6.45, 7) is 1.99. The number of carbonyl (C=O) groups is 2. The topological polar surface area (TPSA) is 68.3 Å². The molecule has 1 aromatic heterocycles. The van der Waals surface area contributed by atoms with Crippen LogP contribution in [0.25, 0.3) is 10.6 Å². The molecule has 28 heavy (non-hydrogen) atoms. The first-order valence-electron chi connectivity index (χ1n) is 8.83. The van der Waals surface area contributed by atoms with Crippen LogP contribution in [-0.4, -0.2) is 23.5 Å². The van der Waals surface area contributed by atoms with E-state index in [2.05, 4.69) is 10.3 Å². The fraction of sp³-hybridized carbons (Fsp3) is 0.190. The summed E-state index contributed by atoms with van der Waals surface area (Å²) in [5.74, 6) is -0.977. The lowest BCUT2D eigenvalue weighted by molar-refractivity contribution is -0.116. The molecule has 0 radical (unpaired) electrons. The number of esters is 1. The van der Waals surface area contributed by atoms with Crippen LogP contribution >= 0.6 is 11.3 Å². The molecule has 1 amide bonds. The molecule has 1 heterocycles. The first-order valence-corrected chi connectivity index (χ1v) is 9.71. The predicted molar refractivity (Wildman–Crippen MR) is 107 cm³/mol. The summed E-state index contributed by atoms with van der Waals surface area (Å²) in [6.07, 6.45) is 0.689. The Labute approximate surface area is 166 Å². The lowest BCUT2D eigenvalue weighted by atomic mass is 10.1. The van der Waals surface area contributed by atoms with E-state index in [1.54, 1.807) is 43.3 Å². The molecule has 0 saturated carbocycles. The number of nitrogens with zero attached hydrogens (tertiary/aromatic N) is 1. The Morgan fingerprint density at radius 3 is 2.64 bits per heavy atom. The van der Waals surface area contributed by atoms with E-state index in [1.807, 2.05) is 5.38 Å². The number of aryl methyl sites for hydroxylation is 1. The molecule has 0 aliphatic rings. The van der Waals surface area contributed by atoms with Crippen LogP contribution in [0, 0.1) is 5.82 Å². The van der Waals surface area contributed by atoms with Crippen molar-refractivity contribution in [2.24, 2.45) is 0 Å². The van der Waals surface area contributed by atoms with Gasteiger partial charge in [0.2, 0.25) is 5.91 Å². The first-order chi connectivity index (χ1) is 13.6. The van der Waals surface area contributed by atoms with Gasteiger partial charge in [0.15, 0.2) is 0 Å². The molecular formula is C21H19FN2O3S. The van der Waals surface area contributed by atoms with Gasteiger partial charge in [0.1, 0.15) is 10.8 Å². The Bertz CT molecular complexity index is 970. The van der Waals surface area contributed by atoms with Crippen LogP contribution in [0.5, 0.6) is 0 Å². The minimum atomic E-state index is -0.471. The second kappa shape index (κ2) is 9.23. The lowest BCUT2D eigenvalue weighted by Crippen LogP contribution is -2.16. The minimum Gasteiger partial charge on any atom is -0.462 e. The molecular weight excluding hydrogens is 379 g/mol. The van der Waals surface area contributed by atoms with E-state index in [0.29, 0.717) is 17.7 Å². The van der Waals surface area contributed by atoms with Gasteiger partial charge in [-0.2, -0.15) is 0 Å². The Balaban J connectivity index is 1.60. The average Bonchev–Trinajstić information content (AvgIpc) is 3.16. The van der Waals surface area contributed by atoms with Crippen LogP contribution in [-0.2, 0) is 16.0 Å². The fourth-order valence-corrected chi connectivity index (χ4v) is 3.44. The van der Waals surface area contributed by atoms with E-state index < -0.39 is 5.97 Å². The second-order valence-electron chi connectivity index (χ2n) is 5.97. The Kier molecular flexibility index (Phi) is 6.49. The number of amides is 1. The quantitative estimate of drug-likeness (QED) is 0.586. The number of ether oxygens (including phenoxy) is 1. The number of para-hydroxylation sites is 1. The highest BCUT2D eigenvalue weighted by Gasteiger charge is 2.14. The number of aromatic nitrogens is 1. The summed E-state index contributed by atoms with van der Waals surface area (Å²) < 4.78 is 18.0. The third kappa shape index (κ3) is 5.01. The molecule has 5 nitrogen and oxygen atoms in total. The van der Waals surface area contributed by atoms with Gasteiger partial charge in [0.05, 0.1) is 23.6 Å². The Morgan fingerprint density at radius 2 is 1.89 bits per heavy atom. The zero-order chi connectivity index (χ0) is 19.9. The van der Waals surface area contributed by atoms with E-state index in [0.717, 1.165) is 16.3 Å². The summed E-state index contributed by atoms with van der Waals surface area (Å²) in [4.78, 5) is 28.8. The normalized spacial score (nSPS) is 10.5. The van der Waals surface area contributed by atoms with Gasteiger partial charge in [-0.3, -0.25) is 4.79 Å². The van der Waals surface area contributed by atoms with Crippen molar-refractivity contribution in [2.45, 2.75) is 19.8 Å². The number of hydrogen-bond donors (Lipinski definition) is 1. The van der Waals surface area contributed by atoms with Crippen molar-refractivity contribution in [3.8, 4) is 10.6 Å². The number of rotatable bonds is 7. The van der Waals surface area contributed by atoms with Crippen molar-refractivity contribution in [2.75, 3.05) is 11.9 Å². The zero-order valence-corrected chi connectivity index (χ0v) is 16.1. The van der Waals surface area contributed by atoms with Gasteiger partial charge in [-0.1, -0.05) is 12.1 Å². The zero-order valence-electron chi connectivity index (χ0n) is 15.3. The highest BCUT2D eigenvalue weighted by molar-refractivity contribution is 7.13. The highest BCUT2D eigenvalue weighted by Crippen LogP contribution is 2.24. The number of nitrogens with one attached hydrogen (secondary N) is 1. The monoisotopic (exact) mass is 398 g/mol. The van der Waals surface area contributed by atoms with Crippen LogP contribution in [0.1, 0.15) is 29.4 Å². The van der Waals surface area contributed by atoms with E-state index in [1.165, 1.54) is 23.5 Å². The number of thiazole rings is 1. The standard InChI is InChI=1S/C21H19FN2O3S/c1-2-27-21(26)17-5-3-4-6-18(17)24-19(25)12-11-16-13-28-20(23-16)14-7-9-15(22)10-8-14/h3-10,13H,2,11-12H2,1H3,(H,24,25). The average molecular weight is 398 g/mol. The smallest absolute Gasteiger partial charge is 0.340 e. The van der Waals surface area contributed by atoms with E-state index in [9.17, 15) is 14.0 Å². The summed E-state index contributed by atoms with van der Waals surface area (Å²) >= 11 is 1.45. The predicted octanol–water partition coefficient (Wildman–Crippen LogP) is 4.70. The molecule has 0 fully saturated rings. The Hall–Kier alpha value is -3.06. The summed E-state index contributed by atoms with van der Waals surface area (Å²) in [6, 6.07) is 12.9. The van der Waals surface area contributed by atoms with Crippen molar-refractivity contribution in [3.05, 3.63) is 71.0 Å². The first kappa shape index (κ1) is 19.7. The third-order valence-electron chi connectivity index (χ3n) is 3.95.